The lowest BCUT2D eigenvalue weighted by Gasteiger charge is -2.36. The molecule has 0 saturated carbocycles. The zero-order valence-electron chi connectivity index (χ0n) is 13.1. The van der Waals surface area contributed by atoms with E-state index in [0.717, 1.165) is 22.9 Å². The average molecular weight is 305 g/mol. The van der Waals surface area contributed by atoms with Gasteiger partial charge in [0.2, 0.25) is 0 Å². The molecule has 114 valence electrons. The van der Waals surface area contributed by atoms with E-state index in [1.165, 1.54) is 0 Å². The third-order valence-electron chi connectivity index (χ3n) is 3.55. The smallest absolute Gasteiger partial charge is 0.142 e. The molecule has 0 fully saturated rings. The predicted octanol–water partition coefficient (Wildman–Crippen LogP) is 3.04. The summed E-state index contributed by atoms with van der Waals surface area (Å²) in [5.41, 5.74) is 1.96. The number of nitrogens with zero attached hydrogens (tertiary/aromatic N) is 3. The van der Waals surface area contributed by atoms with Crippen molar-refractivity contribution in [2.75, 3.05) is 13.7 Å². The molecule has 2 aromatic heterocycles. The summed E-state index contributed by atoms with van der Waals surface area (Å²) in [5.74, 6) is 0. The normalized spacial score (nSPS) is 13.6. The lowest BCUT2D eigenvalue weighted by atomic mass is 9.86. The van der Waals surface area contributed by atoms with Crippen LogP contribution in [-0.4, -0.2) is 39.7 Å². The highest BCUT2D eigenvalue weighted by Crippen LogP contribution is 2.26. The summed E-state index contributed by atoms with van der Waals surface area (Å²) in [4.78, 5) is 11.1. The van der Waals surface area contributed by atoms with E-state index in [2.05, 4.69) is 41.0 Å². The van der Waals surface area contributed by atoms with Crippen LogP contribution in [0.4, 0.5) is 0 Å². The lowest BCUT2D eigenvalue weighted by molar-refractivity contribution is 0.0608. The molecule has 0 aliphatic carbocycles. The number of aliphatic hydroxyl groups is 1. The molecule has 2 aromatic rings. The van der Waals surface area contributed by atoms with Gasteiger partial charge in [0, 0.05) is 24.2 Å². The van der Waals surface area contributed by atoms with Crippen molar-refractivity contribution in [1.29, 1.82) is 0 Å². The summed E-state index contributed by atoms with van der Waals surface area (Å²) in [6.45, 7) is 7.31. The van der Waals surface area contributed by atoms with Crippen LogP contribution < -0.4 is 0 Å². The Hall–Kier alpha value is -1.30. The summed E-state index contributed by atoms with van der Waals surface area (Å²) in [6, 6.07) is 5.95. The van der Waals surface area contributed by atoms with Crippen LogP contribution in [0.15, 0.2) is 29.8 Å². The van der Waals surface area contributed by atoms with Crippen LogP contribution >= 0.6 is 11.3 Å². The summed E-state index contributed by atoms with van der Waals surface area (Å²) in [7, 11) is 2.03. The number of thiazole rings is 1. The topological polar surface area (TPSA) is 49.2 Å². The summed E-state index contributed by atoms with van der Waals surface area (Å²) in [6.07, 6.45) is 1.78. The quantitative estimate of drug-likeness (QED) is 0.922. The molecular weight excluding hydrogens is 282 g/mol. The minimum absolute atomic E-state index is 0.0311. The van der Waals surface area contributed by atoms with E-state index >= 15 is 0 Å². The van der Waals surface area contributed by atoms with Gasteiger partial charge in [0.15, 0.2) is 0 Å². The molecule has 2 rings (SSSR count). The first kappa shape index (κ1) is 16.1. The third kappa shape index (κ3) is 4.09. The van der Waals surface area contributed by atoms with Crippen molar-refractivity contribution in [2.45, 2.75) is 33.4 Å². The van der Waals surface area contributed by atoms with Crippen LogP contribution in [0.25, 0.3) is 10.7 Å². The maximum absolute atomic E-state index is 9.62. The van der Waals surface area contributed by atoms with Gasteiger partial charge >= 0.3 is 0 Å². The van der Waals surface area contributed by atoms with Gasteiger partial charge in [-0.05, 0) is 24.6 Å². The van der Waals surface area contributed by atoms with Crippen molar-refractivity contribution in [1.82, 2.24) is 14.9 Å². The first-order valence-corrected chi connectivity index (χ1v) is 7.96. The van der Waals surface area contributed by atoms with Crippen LogP contribution in [-0.2, 0) is 6.54 Å². The molecule has 1 unspecified atom stereocenters. The highest BCUT2D eigenvalue weighted by atomic mass is 32.1. The zero-order valence-corrected chi connectivity index (χ0v) is 13.9. The number of hydrogen-bond acceptors (Lipinski definition) is 5. The van der Waals surface area contributed by atoms with Gasteiger partial charge in [-0.1, -0.05) is 26.8 Å². The minimum Gasteiger partial charge on any atom is -0.395 e. The van der Waals surface area contributed by atoms with Gasteiger partial charge in [-0.3, -0.25) is 9.88 Å². The number of pyridine rings is 1. The molecule has 1 atom stereocenters. The van der Waals surface area contributed by atoms with Crippen molar-refractivity contribution in [3.8, 4) is 10.7 Å². The van der Waals surface area contributed by atoms with E-state index in [4.69, 9.17) is 0 Å². The Morgan fingerprint density at radius 2 is 2.10 bits per heavy atom. The number of hydrogen-bond donors (Lipinski definition) is 1. The summed E-state index contributed by atoms with van der Waals surface area (Å²) >= 11 is 1.61. The fourth-order valence-electron chi connectivity index (χ4n) is 2.43. The molecule has 0 spiro atoms. The monoisotopic (exact) mass is 305 g/mol. The molecule has 2 heterocycles. The minimum atomic E-state index is 0.0311. The Morgan fingerprint density at radius 1 is 1.33 bits per heavy atom. The number of aromatic nitrogens is 2. The molecule has 0 bridgehead atoms. The Morgan fingerprint density at radius 3 is 2.67 bits per heavy atom. The van der Waals surface area contributed by atoms with Crippen LogP contribution in [0.5, 0.6) is 0 Å². The van der Waals surface area contributed by atoms with Gasteiger partial charge in [0.1, 0.15) is 5.01 Å². The second-order valence-electron chi connectivity index (χ2n) is 6.34. The van der Waals surface area contributed by atoms with Gasteiger partial charge in [-0.15, -0.1) is 11.3 Å². The number of aliphatic hydroxyl groups excluding tert-OH is 1. The van der Waals surface area contributed by atoms with Crippen LogP contribution in [0.2, 0.25) is 0 Å². The van der Waals surface area contributed by atoms with Crippen molar-refractivity contribution in [3.63, 3.8) is 0 Å². The van der Waals surface area contributed by atoms with Gasteiger partial charge in [-0.25, -0.2) is 4.98 Å². The second kappa shape index (κ2) is 6.64. The highest BCUT2D eigenvalue weighted by Gasteiger charge is 2.28. The first-order valence-electron chi connectivity index (χ1n) is 7.08. The first-order chi connectivity index (χ1) is 9.91. The maximum Gasteiger partial charge on any atom is 0.142 e. The van der Waals surface area contributed by atoms with Crippen molar-refractivity contribution in [3.05, 3.63) is 35.5 Å². The van der Waals surface area contributed by atoms with Crippen LogP contribution in [0.1, 0.15) is 26.5 Å². The fraction of sp³-hybridized carbons (Fsp3) is 0.500. The number of rotatable bonds is 5. The van der Waals surface area contributed by atoms with E-state index in [-0.39, 0.29) is 18.1 Å². The molecule has 0 aromatic carbocycles. The van der Waals surface area contributed by atoms with E-state index in [9.17, 15) is 5.11 Å². The molecule has 21 heavy (non-hydrogen) atoms. The van der Waals surface area contributed by atoms with E-state index in [0.29, 0.717) is 0 Å². The predicted molar refractivity (Wildman–Crippen MR) is 87.1 cm³/mol. The van der Waals surface area contributed by atoms with Gasteiger partial charge in [-0.2, -0.15) is 0 Å². The molecule has 0 aliphatic rings. The third-order valence-corrected chi connectivity index (χ3v) is 4.47. The van der Waals surface area contributed by atoms with E-state index in [1.54, 1.807) is 17.5 Å². The Kier molecular flexibility index (Phi) is 5.08. The second-order valence-corrected chi connectivity index (χ2v) is 7.20. The van der Waals surface area contributed by atoms with Crippen molar-refractivity contribution in [2.24, 2.45) is 5.41 Å². The largest absolute Gasteiger partial charge is 0.395 e. The Balaban J connectivity index is 2.09. The molecule has 4 nitrogen and oxygen atoms in total. The molecule has 0 amide bonds. The molecule has 1 N–H and O–H groups in total. The van der Waals surface area contributed by atoms with Gasteiger partial charge in [0.25, 0.3) is 0 Å². The summed E-state index contributed by atoms with van der Waals surface area (Å²) in [5, 5.41) is 12.6. The molecule has 0 saturated heterocycles. The van der Waals surface area contributed by atoms with Crippen LogP contribution in [0, 0.1) is 5.41 Å². The molecule has 5 heteroatoms. The summed E-state index contributed by atoms with van der Waals surface area (Å²) < 4.78 is 0. The number of likely N-dealkylation sites (N-methyl/N-ethyl adjacent to an activating group) is 1. The fourth-order valence-corrected chi connectivity index (χ4v) is 3.21. The van der Waals surface area contributed by atoms with E-state index in [1.807, 2.05) is 25.2 Å². The standard InChI is InChI=1S/C16H23N3OS/c1-16(2,3)14(10-20)19(4)9-12-11-21-15(18-12)13-7-5-6-8-17-13/h5-8,11,14,20H,9-10H2,1-4H3. The van der Waals surface area contributed by atoms with Crippen molar-refractivity contribution < 1.29 is 5.11 Å². The lowest BCUT2D eigenvalue weighted by Crippen LogP contribution is -2.44. The average Bonchev–Trinajstić information content (AvgIpc) is 2.87. The zero-order chi connectivity index (χ0) is 15.5. The van der Waals surface area contributed by atoms with E-state index < -0.39 is 0 Å². The SMILES string of the molecule is CN(Cc1csc(-c2ccccn2)n1)C(CO)C(C)(C)C. The van der Waals surface area contributed by atoms with Gasteiger partial charge < -0.3 is 5.11 Å². The van der Waals surface area contributed by atoms with Crippen LogP contribution in [0.3, 0.4) is 0 Å². The Bertz CT molecular complexity index is 562. The van der Waals surface area contributed by atoms with Gasteiger partial charge in [0.05, 0.1) is 18.0 Å². The highest BCUT2D eigenvalue weighted by molar-refractivity contribution is 7.13. The molecular formula is C16H23N3OS. The molecule has 0 radical (unpaired) electrons. The molecule has 0 aliphatic heterocycles. The van der Waals surface area contributed by atoms with Crippen molar-refractivity contribution >= 4 is 11.3 Å². The maximum atomic E-state index is 9.62. The Labute approximate surface area is 130 Å².